The summed E-state index contributed by atoms with van der Waals surface area (Å²) in [6.07, 6.45) is 7.00. The van der Waals surface area contributed by atoms with Crippen LogP contribution >= 0.6 is 0 Å². The number of nitrogens with one attached hydrogen (secondary N) is 1. The number of anilines is 1. The summed E-state index contributed by atoms with van der Waals surface area (Å²) in [6.45, 7) is 3.50. The van der Waals surface area contributed by atoms with Crippen LogP contribution < -0.4 is 10.2 Å². The Bertz CT molecular complexity index is 317. The van der Waals surface area contributed by atoms with Gasteiger partial charge in [-0.25, -0.2) is 0 Å². The first-order chi connectivity index (χ1) is 8.86. The lowest BCUT2D eigenvalue weighted by Gasteiger charge is -2.19. The van der Waals surface area contributed by atoms with E-state index in [1.165, 1.54) is 44.3 Å². The van der Waals surface area contributed by atoms with Gasteiger partial charge in [0.15, 0.2) is 0 Å². The van der Waals surface area contributed by atoms with Crippen LogP contribution in [-0.2, 0) is 0 Å². The second-order valence-corrected chi connectivity index (χ2v) is 5.47. The van der Waals surface area contributed by atoms with Crippen molar-refractivity contribution < 1.29 is 0 Å². The zero-order valence-corrected chi connectivity index (χ0v) is 11.6. The van der Waals surface area contributed by atoms with Crippen LogP contribution in [0.2, 0.25) is 0 Å². The maximum atomic E-state index is 3.61. The molecule has 1 fully saturated rings. The van der Waals surface area contributed by atoms with Crippen LogP contribution in [0.4, 0.5) is 5.69 Å². The molecule has 0 atom stereocenters. The lowest BCUT2D eigenvalue weighted by molar-refractivity contribution is 0.486. The average Bonchev–Trinajstić information content (AvgIpc) is 2.92. The molecule has 0 amide bonds. The van der Waals surface area contributed by atoms with E-state index < -0.39 is 0 Å². The molecule has 0 saturated heterocycles. The number of para-hydroxylation sites is 1. The van der Waals surface area contributed by atoms with E-state index in [0.29, 0.717) is 0 Å². The first-order valence-corrected chi connectivity index (χ1v) is 7.33. The minimum atomic E-state index is 0.955. The minimum absolute atomic E-state index is 0.955. The summed E-state index contributed by atoms with van der Waals surface area (Å²) in [5.41, 5.74) is 1.31. The van der Waals surface area contributed by atoms with Crippen molar-refractivity contribution >= 4 is 5.69 Å². The minimum Gasteiger partial charge on any atom is -0.375 e. The molecule has 0 unspecified atom stereocenters. The average molecular weight is 246 g/mol. The van der Waals surface area contributed by atoms with Gasteiger partial charge >= 0.3 is 0 Å². The molecule has 1 aromatic rings. The first-order valence-electron chi connectivity index (χ1n) is 7.33. The molecule has 1 N–H and O–H groups in total. The van der Waals surface area contributed by atoms with Crippen LogP contribution in [0.5, 0.6) is 0 Å². The van der Waals surface area contributed by atoms with Crippen molar-refractivity contribution in [1.82, 2.24) is 5.32 Å². The van der Waals surface area contributed by atoms with Gasteiger partial charge in [0.2, 0.25) is 0 Å². The predicted octanol–water partition coefficient (Wildman–Crippen LogP) is 3.29. The summed E-state index contributed by atoms with van der Waals surface area (Å²) in [7, 11) is 2.17. The lowest BCUT2D eigenvalue weighted by Crippen LogP contribution is -2.26. The lowest BCUT2D eigenvalue weighted by atomic mass is 10.1. The summed E-state index contributed by atoms with van der Waals surface area (Å²) >= 11 is 0. The van der Waals surface area contributed by atoms with Gasteiger partial charge in [0.1, 0.15) is 0 Å². The Morgan fingerprint density at radius 2 is 1.89 bits per heavy atom. The summed E-state index contributed by atoms with van der Waals surface area (Å²) in [5.74, 6) is 0.955. The third kappa shape index (κ3) is 4.34. The quantitative estimate of drug-likeness (QED) is 0.743. The predicted molar refractivity (Wildman–Crippen MR) is 79.2 cm³/mol. The summed E-state index contributed by atoms with van der Waals surface area (Å²) < 4.78 is 0. The fourth-order valence-electron chi connectivity index (χ4n) is 2.77. The molecule has 1 aliphatic rings. The molecule has 0 aliphatic heterocycles. The third-order valence-electron chi connectivity index (χ3n) is 3.95. The van der Waals surface area contributed by atoms with Gasteiger partial charge in [-0.05, 0) is 50.4 Å². The zero-order chi connectivity index (χ0) is 12.6. The van der Waals surface area contributed by atoms with Gasteiger partial charge in [-0.2, -0.15) is 0 Å². The maximum absolute atomic E-state index is 3.61. The van der Waals surface area contributed by atoms with Crippen molar-refractivity contribution in [2.75, 3.05) is 31.6 Å². The molecule has 2 nitrogen and oxygen atoms in total. The van der Waals surface area contributed by atoms with Crippen molar-refractivity contribution in [3.8, 4) is 0 Å². The SMILES string of the molecule is CN(CCCNCC1CCCC1)c1ccccc1. The van der Waals surface area contributed by atoms with Gasteiger partial charge in [0, 0.05) is 19.3 Å². The molecule has 18 heavy (non-hydrogen) atoms. The molecule has 0 bridgehead atoms. The Hall–Kier alpha value is -1.02. The van der Waals surface area contributed by atoms with E-state index in [0.717, 1.165) is 19.0 Å². The van der Waals surface area contributed by atoms with Crippen molar-refractivity contribution in [3.63, 3.8) is 0 Å². The molecule has 0 radical (unpaired) electrons. The van der Waals surface area contributed by atoms with E-state index in [2.05, 4.69) is 47.6 Å². The molecular weight excluding hydrogens is 220 g/mol. The smallest absolute Gasteiger partial charge is 0.0363 e. The Morgan fingerprint density at radius 1 is 1.17 bits per heavy atom. The zero-order valence-electron chi connectivity index (χ0n) is 11.6. The second kappa shape index (κ2) is 7.42. The van der Waals surface area contributed by atoms with Crippen molar-refractivity contribution in [1.29, 1.82) is 0 Å². The fourth-order valence-corrected chi connectivity index (χ4v) is 2.77. The standard InChI is InChI=1S/C16H26N2/c1-18(16-10-3-2-4-11-16)13-7-12-17-14-15-8-5-6-9-15/h2-4,10-11,15,17H,5-9,12-14H2,1H3. The van der Waals surface area contributed by atoms with Crippen LogP contribution in [0.3, 0.4) is 0 Å². The van der Waals surface area contributed by atoms with Gasteiger partial charge in [0.05, 0.1) is 0 Å². The van der Waals surface area contributed by atoms with E-state index in [1.807, 2.05) is 0 Å². The Morgan fingerprint density at radius 3 is 2.61 bits per heavy atom. The molecule has 0 heterocycles. The highest BCUT2D eigenvalue weighted by Gasteiger charge is 2.13. The third-order valence-corrected chi connectivity index (χ3v) is 3.95. The van der Waals surface area contributed by atoms with E-state index in [9.17, 15) is 0 Å². The van der Waals surface area contributed by atoms with E-state index in [-0.39, 0.29) is 0 Å². The second-order valence-electron chi connectivity index (χ2n) is 5.47. The van der Waals surface area contributed by atoms with Crippen LogP contribution in [0.1, 0.15) is 32.1 Å². The maximum Gasteiger partial charge on any atom is 0.0363 e. The summed E-state index contributed by atoms with van der Waals surface area (Å²) in [5, 5.41) is 3.61. The number of hydrogen-bond donors (Lipinski definition) is 1. The molecule has 1 aromatic carbocycles. The first kappa shape index (κ1) is 13.4. The number of nitrogens with zero attached hydrogens (tertiary/aromatic N) is 1. The van der Waals surface area contributed by atoms with E-state index in [4.69, 9.17) is 0 Å². The number of hydrogen-bond acceptors (Lipinski definition) is 2. The molecule has 100 valence electrons. The van der Waals surface area contributed by atoms with Crippen LogP contribution in [0.15, 0.2) is 30.3 Å². The molecule has 2 rings (SSSR count). The van der Waals surface area contributed by atoms with E-state index >= 15 is 0 Å². The fraction of sp³-hybridized carbons (Fsp3) is 0.625. The van der Waals surface area contributed by atoms with Gasteiger partial charge in [0.25, 0.3) is 0 Å². The van der Waals surface area contributed by atoms with Crippen LogP contribution in [-0.4, -0.2) is 26.7 Å². The summed E-state index contributed by atoms with van der Waals surface area (Å²) in [6, 6.07) is 10.6. The monoisotopic (exact) mass is 246 g/mol. The Kier molecular flexibility index (Phi) is 5.53. The molecule has 2 heteroatoms. The molecule has 0 aromatic heterocycles. The summed E-state index contributed by atoms with van der Waals surface area (Å²) in [4.78, 5) is 2.33. The van der Waals surface area contributed by atoms with Crippen molar-refractivity contribution in [2.45, 2.75) is 32.1 Å². The Balaban J connectivity index is 1.55. The largest absolute Gasteiger partial charge is 0.375 e. The van der Waals surface area contributed by atoms with Crippen LogP contribution in [0, 0.1) is 5.92 Å². The van der Waals surface area contributed by atoms with E-state index in [1.54, 1.807) is 0 Å². The number of benzene rings is 1. The highest BCUT2D eigenvalue weighted by molar-refractivity contribution is 5.44. The van der Waals surface area contributed by atoms with Gasteiger partial charge in [-0.15, -0.1) is 0 Å². The Labute approximate surface area is 111 Å². The van der Waals surface area contributed by atoms with Gasteiger partial charge in [-0.3, -0.25) is 0 Å². The van der Waals surface area contributed by atoms with Gasteiger partial charge < -0.3 is 10.2 Å². The van der Waals surface area contributed by atoms with Crippen molar-refractivity contribution in [2.24, 2.45) is 5.92 Å². The highest BCUT2D eigenvalue weighted by atomic mass is 15.1. The molecule has 1 aliphatic carbocycles. The molecule has 1 saturated carbocycles. The highest BCUT2D eigenvalue weighted by Crippen LogP contribution is 2.23. The normalized spacial score (nSPS) is 16.1. The van der Waals surface area contributed by atoms with Gasteiger partial charge in [-0.1, -0.05) is 31.0 Å². The molecular formula is C16H26N2. The van der Waals surface area contributed by atoms with Crippen molar-refractivity contribution in [3.05, 3.63) is 30.3 Å². The van der Waals surface area contributed by atoms with Crippen LogP contribution in [0.25, 0.3) is 0 Å². The number of rotatable bonds is 7. The topological polar surface area (TPSA) is 15.3 Å². The molecule has 0 spiro atoms.